The summed E-state index contributed by atoms with van der Waals surface area (Å²) in [5.41, 5.74) is 0.521. The second-order valence-electron chi connectivity index (χ2n) is 7.42. The number of nitrogens with zero attached hydrogens (tertiary/aromatic N) is 1. The summed E-state index contributed by atoms with van der Waals surface area (Å²) in [6.45, 7) is 1.78. The zero-order valence-corrected chi connectivity index (χ0v) is 15.9. The number of alkyl halides is 1. The van der Waals surface area contributed by atoms with E-state index in [2.05, 4.69) is 10.6 Å². The molecule has 2 amide bonds. The molecular weight excluding hydrogens is 350 g/mol. The molecule has 2 fully saturated rings. The van der Waals surface area contributed by atoms with Gasteiger partial charge in [0.2, 0.25) is 5.91 Å². The topological polar surface area (TPSA) is 61.4 Å². The van der Waals surface area contributed by atoms with Gasteiger partial charge in [-0.2, -0.15) is 0 Å². The van der Waals surface area contributed by atoms with Gasteiger partial charge >= 0.3 is 0 Å². The predicted molar refractivity (Wildman–Crippen MR) is 103 cm³/mol. The third kappa shape index (κ3) is 5.45. The highest BCUT2D eigenvalue weighted by molar-refractivity contribution is 6.20. The lowest BCUT2D eigenvalue weighted by molar-refractivity contribution is -0.123. The zero-order valence-electron chi connectivity index (χ0n) is 15.1. The standard InChI is InChI=1S/C20H28ClN3O2/c21-18-12-15(13-22-20(26)16-6-2-1-3-7-16)10-11-24(18)14-19(25)23-17-8-4-5-9-17/h1-3,6-7,15,17-18H,4-5,8-14H2,(H,22,26)(H,23,25). The SMILES string of the molecule is O=C(CN1CCC(CNC(=O)c2ccccc2)CC1Cl)NC1CCCC1. The molecule has 2 N–H and O–H groups in total. The van der Waals surface area contributed by atoms with E-state index in [4.69, 9.17) is 11.6 Å². The Labute approximate surface area is 160 Å². The van der Waals surface area contributed by atoms with Gasteiger partial charge in [0.15, 0.2) is 0 Å². The number of benzene rings is 1. The quantitative estimate of drug-likeness (QED) is 0.592. The highest BCUT2D eigenvalue weighted by atomic mass is 35.5. The molecule has 1 heterocycles. The maximum atomic E-state index is 12.2. The summed E-state index contributed by atoms with van der Waals surface area (Å²) in [5, 5.41) is 6.12. The summed E-state index contributed by atoms with van der Waals surface area (Å²) in [7, 11) is 0. The summed E-state index contributed by atoms with van der Waals surface area (Å²) < 4.78 is 0. The van der Waals surface area contributed by atoms with E-state index in [-0.39, 0.29) is 17.3 Å². The third-order valence-corrected chi connectivity index (χ3v) is 5.86. The Balaban J connectivity index is 1.39. The molecule has 0 bridgehead atoms. The third-order valence-electron chi connectivity index (χ3n) is 5.40. The molecule has 2 unspecified atom stereocenters. The van der Waals surface area contributed by atoms with Crippen molar-refractivity contribution >= 4 is 23.4 Å². The Morgan fingerprint density at radius 2 is 1.85 bits per heavy atom. The molecule has 2 aliphatic rings. The van der Waals surface area contributed by atoms with Gasteiger partial charge in [-0.1, -0.05) is 31.0 Å². The maximum absolute atomic E-state index is 12.2. The molecule has 1 aromatic carbocycles. The average molecular weight is 378 g/mol. The highest BCUT2D eigenvalue weighted by Crippen LogP contribution is 2.25. The van der Waals surface area contributed by atoms with Crippen molar-refractivity contribution in [3.05, 3.63) is 35.9 Å². The molecule has 1 aliphatic carbocycles. The molecule has 0 spiro atoms. The number of halogens is 1. The van der Waals surface area contributed by atoms with Gasteiger partial charge in [-0.25, -0.2) is 0 Å². The van der Waals surface area contributed by atoms with Crippen molar-refractivity contribution in [2.75, 3.05) is 19.6 Å². The van der Waals surface area contributed by atoms with E-state index in [1.807, 2.05) is 35.2 Å². The number of amides is 2. The Morgan fingerprint density at radius 1 is 1.12 bits per heavy atom. The van der Waals surface area contributed by atoms with Gasteiger partial charge in [0.05, 0.1) is 12.0 Å². The van der Waals surface area contributed by atoms with Crippen LogP contribution in [0.4, 0.5) is 0 Å². The lowest BCUT2D eigenvalue weighted by Crippen LogP contribution is -2.48. The number of carbonyl (C=O) groups is 2. The van der Waals surface area contributed by atoms with Crippen LogP contribution in [0.25, 0.3) is 0 Å². The molecule has 0 radical (unpaired) electrons. The van der Waals surface area contributed by atoms with E-state index >= 15 is 0 Å². The molecule has 1 saturated carbocycles. The zero-order chi connectivity index (χ0) is 18.4. The van der Waals surface area contributed by atoms with Crippen LogP contribution in [0.2, 0.25) is 0 Å². The molecule has 2 atom stereocenters. The Bertz CT molecular complexity index is 604. The van der Waals surface area contributed by atoms with Crippen molar-refractivity contribution in [2.45, 2.75) is 50.1 Å². The normalized spacial score (nSPS) is 24.3. The van der Waals surface area contributed by atoms with Crippen molar-refractivity contribution in [2.24, 2.45) is 5.92 Å². The maximum Gasteiger partial charge on any atom is 0.251 e. The predicted octanol–water partition coefficient (Wildman–Crippen LogP) is 2.75. The first kappa shape index (κ1) is 19.2. The number of piperidine rings is 1. The van der Waals surface area contributed by atoms with Gasteiger partial charge in [0.25, 0.3) is 5.91 Å². The van der Waals surface area contributed by atoms with E-state index < -0.39 is 0 Å². The number of rotatable bonds is 6. The fourth-order valence-corrected chi connectivity index (χ4v) is 4.27. The lowest BCUT2D eigenvalue weighted by Gasteiger charge is -2.36. The van der Waals surface area contributed by atoms with E-state index in [9.17, 15) is 9.59 Å². The summed E-state index contributed by atoms with van der Waals surface area (Å²) in [5.74, 6) is 0.382. The van der Waals surface area contributed by atoms with Crippen molar-refractivity contribution < 1.29 is 9.59 Å². The van der Waals surface area contributed by atoms with Gasteiger partial charge < -0.3 is 10.6 Å². The molecule has 0 aromatic heterocycles. The summed E-state index contributed by atoms with van der Waals surface area (Å²) >= 11 is 6.50. The van der Waals surface area contributed by atoms with Crippen LogP contribution in [-0.4, -0.2) is 47.9 Å². The van der Waals surface area contributed by atoms with Crippen molar-refractivity contribution in [3.63, 3.8) is 0 Å². The van der Waals surface area contributed by atoms with Gasteiger partial charge in [0.1, 0.15) is 0 Å². The number of nitrogens with one attached hydrogen (secondary N) is 2. The Hall–Kier alpha value is -1.59. The van der Waals surface area contributed by atoms with E-state index in [0.717, 1.165) is 32.2 Å². The fraction of sp³-hybridized carbons (Fsp3) is 0.600. The second kappa shape index (κ2) is 9.38. The minimum Gasteiger partial charge on any atom is -0.352 e. The summed E-state index contributed by atoms with van der Waals surface area (Å²) in [6.07, 6.45) is 6.34. The molecule has 5 nitrogen and oxygen atoms in total. The second-order valence-corrected chi connectivity index (χ2v) is 7.92. The largest absolute Gasteiger partial charge is 0.352 e. The van der Waals surface area contributed by atoms with Crippen LogP contribution < -0.4 is 10.6 Å². The molecular formula is C20H28ClN3O2. The first-order valence-electron chi connectivity index (χ1n) is 9.62. The van der Waals surface area contributed by atoms with Gasteiger partial charge in [0, 0.05) is 24.7 Å². The number of hydrogen-bond donors (Lipinski definition) is 2. The van der Waals surface area contributed by atoms with Crippen LogP contribution in [0.5, 0.6) is 0 Å². The van der Waals surface area contributed by atoms with Gasteiger partial charge in [-0.15, -0.1) is 11.6 Å². The van der Waals surface area contributed by atoms with Crippen LogP contribution >= 0.6 is 11.6 Å². The summed E-state index contributed by atoms with van der Waals surface area (Å²) in [4.78, 5) is 26.4. The molecule has 1 saturated heterocycles. The number of hydrogen-bond acceptors (Lipinski definition) is 3. The Kier molecular flexibility index (Phi) is 6.92. The fourth-order valence-electron chi connectivity index (χ4n) is 3.85. The van der Waals surface area contributed by atoms with Crippen LogP contribution in [0.15, 0.2) is 30.3 Å². The molecule has 1 aliphatic heterocycles. The van der Waals surface area contributed by atoms with E-state index in [1.54, 1.807) is 0 Å². The van der Waals surface area contributed by atoms with Crippen LogP contribution in [0.1, 0.15) is 48.9 Å². The van der Waals surface area contributed by atoms with Crippen molar-refractivity contribution in [1.29, 1.82) is 0 Å². The van der Waals surface area contributed by atoms with E-state index in [0.29, 0.717) is 30.6 Å². The first-order valence-corrected chi connectivity index (χ1v) is 10.1. The van der Waals surface area contributed by atoms with Gasteiger partial charge in [-0.05, 0) is 43.7 Å². The van der Waals surface area contributed by atoms with Crippen LogP contribution in [0, 0.1) is 5.92 Å². The smallest absolute Gasteiger partial charge is 0.251 e. The highest BCUT2D eigenvalue weighted by Gasteiger charge is 2.29. The number of likely N-dealkylation sites (tertiary alicyclic amines) is 1. The molecule has 26 heavy (non-hydrogen) atoms. The molecule has 142 valence electrons. The minimum atomic E-state index is -0.156. The van der Waals surface area contributed by atoms with E-state index in [1.165, 1.54) is 12.8 Å². The van der Waals surface area contributed by atoms with Gasteiger partial charge in [-0.3, -0.25) is 14.5 Å². The monoisotopic (exact) mass is 377 g/mol. The minimum absolute atomic E-state index is 0.0462. The number of carbonyl (C=O) groups excluding carboxylic acids is 2. The average Bonchev–Trinajstić information content (AvgIpc) is 3.15. The molecule has 6 heteroatoms. The van der Waals surface area contributed by atoms with Crippen molar-refractivity contribution in [3.8, 4) is 0 Å². The Morgan fingerprint density at radius 3 is 2.54 bits per heavy atom. The molecule has 3 rings (SSSR count). The van der Waals surface area contributed by atoms with Crippen molar-refractivity contribution in [1.82, 2.24) is 15.5 Å². The van der Waals surface area contributed by atoms with Crippen LogP contribution in [0.3, 0.4) is 0 Å². The first-order chi connectivity index (χ1) is 12.6. The molecule has 1 aromatic rings. The lowest BCUT2D eigenvalue weighted by atomic mass is 9.96. The summed E-state index contributed by atoms with van der Waals surface area (Å²) in [6, 6.07) is 9.59. The van der Waals surface area contributed by atoms with Crippen LogP contribution in [-0.2, 0) is 4.79 Å².